The highest BCUT2D eigenvalue weighted by Gasteiger charge is 2.74. The third-order valence-corrected chi connectivity index (χ3v) is 6.34. The number of hydrogen-bond donors (Lipinski definition) is 0. The van der Waals surface area contributed by atoms with Crippen LogP contribution >= 0.6 is 0 Å². The Morgan fingerprint density at radius 2 is 1.96 bits per heavy atom. The van der Waals surface area contributed by atoms with Crippen molar-refractivity contribution < 1.29 is 24.2 Å². The minimum atomic E-state index is -1.19. The van der Waals surface area contributed by atoms with Gasteiger partial charge in [0.05, 0.1) is 7.11 Å². The second-order valence-corrected chi connectivity index (χ2v) is 7.81. The van der Waals surface area contributed by atoms with Gasteiger partial charge in [0.15, 0.2) is 5.78 Å². The number of carboxylic acids is 1. The first-order chi connectivity index (χ1) is 12.1. The number of aliphatic carboxylic acids is 1. The van der Waals surface area contributed by atoms with Crippen molar-refractivity contribution in [1.29, 1.82) is 0 Å². The highest BCUT2D eigenvalue weighted by atomic mass is 16.5. The molecule has 5 heteroatoms. The second-order valence-electron chi connectivity index (χ2n) is 7.81. The van der Waals surface area contributed by atoms with Crippen molar-refractivity contribution in [3.05, 3.63) is 34.9 Å². The first-order valence-corrected chi connectivity index (χ1v) is 8.89. The van der Waals surface area contributed by atoms with Crippen LogP contribution in [0.5, 0.6) is 0 Å². The lowest BCUT2D eigenvalue weighted by Crippen LogP contribution is -2.41. The predicted molar refractivity (Wildman–Crippen MR) is 95.7 cm³/mol. The third-order valence-electron chi connectivity index (χ3n) is 6.34. The zero-order valence-corrected chi connectivity index (χ0v) is 16.3. The highest BCUT2D eigenvalue weighted by molar-refractivity contribution is 6.01. The van der Waals surface area contributed by atoms with E-state index in [9.17, 15) is 19.5 Å². The molecule has 1 saturated carbocycles. The molecule has 3 unspecified atom stereocenters. The quantitative estimate of drug-likeness (QED) is 0.413. The van der Waals surface area contributed by atoms with Gasteiger partial charge < -0.3 is 14.6 Å². The van der Waals surface area contributed by atoms with Crippen LogP contribution in [0.15, 0.2) is 34.9 Å². The lowest BCUT2D eigenvalue weighted by molar-refractivity contribution is -0.317. The lowest BCUT2D eigenvalue weighted by atomic mass is 9.78. The normalized spacial score (nSPS) is 30.8. The molecule has 0 N–H and O–H groups in total. The van der Waals surface area contributed by atoms with Crippen LogP contribution < -0.4 is 5.11 Å². The summed E-state index contributed by atoms with van der Waals surface area (Å²) >= 11 is 0. The molecule has 2 aliphatic carbocycles. The Kier molecular flexibility index (Phi) is 5.31. The Morgan fingerprint density at radius 1 is 1.35 bits per heavy atom. The summed E-state index contributed by atoms with van der Waals surface area (Å²) in [6.07, 6.45) is 6.15. The zero-order chi connectivity index (χ0) is 19.9. The number of ketones is 1. The monoisotopic (exact) mass is 359 g/mol. The molecule has 0 aliphatic heterocycles. The Balaban J connectivity index is 2.50. The summed E-state index contributed by atoms with van der Waals surface area (Å²) in [5.41, 5.74) is 0.0814. The summed E-state index contributed by atoms with van der Waals surface area (Å²) in [6.45, 7) is 9.06. The summed E-state index contributed by atoms with van der Waals surface area (Å²) in [4.78, 5) is 36.5. The first kappa shape index (κ1) is 20.1. The van der Waals surface area contributed by atoms with E-state index in [1.807, 2.05) is 39.8 Å². The molecule has 0 aromatic heterocycles. The fourth-order valence-corrected chi connectivity index (χ4v) is 4.76. The van der Waals surface area contributed by atoms with Gasteiger partial charge in [-0.25, -0.2) is 4.79 Å². The minimum Gasteiger partial charge on any atom is -0.549 e. The van der Waals surface area contributed by atoms with E-state index in [1.54, 1.807) is 13.0 Å². The molecule has 0 saturated heterocycles. The summed E-state index contributed by atoms with van der Waals surface area (Å²) in [5, 5.41) is 12.3. The average molecular weight is 359 g/mol. The molecule has 0 aromatic rings. The maximum absolute atomic E-state index is 12.5. The Bertz CT molecular complexity index is 738. The molecule has 0 radical (unpaired) electrons. The zero-order valence-electron chi connectivity index (χ0n) is 16.3. The van der Waals surface area contributed by atoms with Crippen molar-refractivity contribution >= 4 is 17.7 Å². The lowest BCUT2D eigenvalue weighted by Gasteiger charge is -2.29. The van der Waals surface area contributed by atoms with Crippen molar-refractivity contribution in [1.82, 2.24) is 0 Å². The third kappa shape index (κ3) is 2.74. The molecule has 0 amide bonds. The molecule has 3 atom stereocenters. The predicted octanol–water partition coefficient (Wildman–Crippen LogP) is 2.37. The number of Topliss-reactive ketones (excluding diaryl/α,β-unsaturated/α-hetero) is 1. The fraction of sp³-hybridized carbons (Fsp3) is 0.571. The van der Waals surface area contributed by atoms with E-state index in [2.05, 4.69) is 0 Å². The van der Waals surface area contributed by atoms with Crippen molar-refractivity contribution in [2.45, 2.75) is 47.5 Å². The van der Waals surface area contributed by atoms with E-state index in [0.29, 0.717) is 17.6 Å². The van der Waals surface area contributed by atoms with Gasteiger partial charge in [-0.05, 0) is 50.0 Å². The number of carbonyl (C=O) groups is 3. The van der Waals surface area contributed by atoms with Crippen molar-refractivity contribution in [3.63, 3.8) is 0 Å². The number of allylic oxidation sites excluding steroid dienone is 5. The van der Waals surface area contributed by atoms with Gasteiger partial charge in [0.1, 0.15) is 0 Å². The van der Waals surface area contributed by atoms with Gasteiger partial charge in [0.2, 0.25) is 0 Å². The van der Waals surface area contributed by atoms with Gasteiger partial charge in [0.25, 0.3) is 0 Å². The Hall–Kier alpha value is -2.17. The van der Waals surface area contributed by atoms with Gasteiger partial charge >= 0.3 is 5.97 Å². The molecular formula is C21H27O5-. The van der Waals surface area contributed by atoms with Crippen LogP contribution in [0, 0.1) is 22.7 Å². The fourth-order valence-electron chi connectivity index (χ4n) is 4.76. The van der Waals surface area contributed by atoms with Crippen LogP contribution in [-0.2, 0) is 19.1 Å². The summed E-state index contributed by atoms with van der Waals surface area (Å²) in [5.74, 6) is -2.45. The number of esters is 1. The number of carboxylic acid groups (broad SMARTS) is 1. The first-order valence-electron chi connectivity index (χ1n) is 8.89. The van der Waals surface area contributed by atoms with Crippen molar-refractivity contribution in [2.75, 3.05) is 7.11 Å². The molecule has 2 rings (SSSR count). The second kappa shape index (κ2) is 6.86. The van der Waals surface area contributed by atoms with E-state index in [-0.39, 0.29) is 12.2 Å². The van der Waals surface area contributed by atoms with Crippen LogP contribution in [0.25, 0.3) is 0 Å². The largest absolute Gasteiger partial charge is 0.549 e. The summed E-state index contributed by atoms with van der Waals surface area (Å²) < 4.78 is 4.72. The van der Waals surface area contributed by atoms with E-state index in [1.165, 1.54) is 7.11 Å². The van der Waals surface area contributed by atoms with Gasteiger partial charge in [0, 0.05) is 23.4 Å². The van der Waals surface area contributed by atoms with Crippen LogP contribution in [0.2, 0.25) is 0 Å². The molecule has 26 heavy (non-hydrogen) atoms. The molecule has 0 heterocycles. The maximum atomic E-state index is 12.5. The van der Waals surface area contributed by atoms with Gasteiger partial charge in [-0.1, -0.05) is 37.6 Å². The van der Waals surface area contributed by atoms with E-state index in [0.717, 1.165) is 5.57 Å². The Labute approximate surface area is 154 Å². The van der Waals surface area contributed by atoms with Crippen molar-refractivity contribution in [2.24, 2.45) is 22.7 Å². The standard InChI is InChI=1S/C21H28O5/c1-7-8-9-14-13(3)15(11-16(14)22)21(19(24)25)17(20(21,4)5)10-12(2)18(23)26-6/h7-8,10,15,17H,9,11H2,1-6H3,(H,24,25)/p-1. The Morgan fingerprint density at radius 3 is 2.46 bits per heavy atom. The molecule has 2 aliphatic rings. The molecular weight excluding hydrogens is 332 g/mol. The minimum absolute atomic E-state index is 0.00124. The van der Waals surface area contributed by atoms with E-state index in [4.69, 9.17) is 4.74 Å². The summed E-state index contributed by atoms with van der Waals surface area (Å²) in [7, 11) is 1.29. The smallest absolute Gasteiger partial charge is 0.333 e. The molecule has 0 spiro atoms. The van der Waals surface area contributed by atoms with E-state index >= 15 is 0 Å². The highest BCUT2D eigenvalue weighted by Crippen LogP contribution is 2.75. The van der Waals surface area contributed by atoms with Crippen LogP contribution in [0.1, 0.15) is 47.5 Å². The van der Waals surface area contributed by atoms with Crippen LogP contribution in [-0.4, -0.2) is 24.8 Å². The van der Waals surface area contributed by atoms with Crippen molar-refractivity contribution in [3.8, 4) is 0 Å². The van der Waals surface area contributed by atoms with E-state index < -0.39 is 34.6 Å². The molecule has 1 fully saturated rings. The molecule has 142 valence electrons. The molecule has 0 bridgehead atoms. The van der Waals surface area contributed by atoms with Gasteiger partial charge in [-0.3, -0.25) is 4.79 Å². The SMILES string of the molecule is CC=CCC1=C(C)C(C2(C(=O)[O-])C(C=C(C)C(=O)OC)C2(C)C)CC1=O. The molecule has 0 aromatic carbocycles. The van der Waals surface area contributed by atoms with Crippen LogP contribution in [0.4, 0.5) is 0 Å². The maximum Gasteiger partial charge on any atom is 0.333 e. The van der Waals surface area contributed by atoms with Gasteiger partial charge in [-0.2, -0.15) is 0 Å². The number of methoxy groups -OCH3 is 1. The topological polar surface area (TPSA) is 83.5 Å². The average Bonchev–Trinajstić information content (AvgIpc) is 2.92. The number of carbonyl (C=O) groups excluding carboxylic acids is 3. The molecule has 5 nitrogen and oxygen atoms in total. The van der Waals surface area contributed by atoms with Gasteiger partial charge in [-0.15, -0.1) is 0 Å². The van der Waals surface area contributed by atoms with Crippen LogP contribution in [0.3, 0.4) is 0 Å². The summed E-state index contributed by atoms with van der Waals surface area (Å²) in [6, 6.07) is 0. The number of rotatable bonds is 6. The number of hydrogen-bond acceptors (Lipinski definition) is 5. The number of ether oxygens (including phenoxy) is 1.